The Labute approximate surface area is 283 Å². The highest BCUT2D eigenvalue weighted by molar-refractivity contribution is 5.94. The van der Waals surface area contributed by atoms with E-state index in [2.05, 4.69) is 15.0 Å². The number of nitrogens with zero attached hydrogens (tertiary/aromatic N) is 3. The van der Waals surface area contributed by atoms with E-state index in [4.69, 9.17) is 18.6 Å². The minimum atomic E-state index is -3.06. The Kier molecular flexibility index (Phi) is 10.9. The average molecular weight is 685 g/mol. The summed E-state index contributed by atoms with van der Waals surface area (Å²) in [6.45, 7) is 6.62. The molecule has 14 heteroatoms. The van der Waals surface area contributed by atoms with Crippen molar-refractivity contribution in [1.82, 2.24) is 20.1 Å². The van der Waals surface area contributed by atoms with Crippen molar-refractivity contribution in [2.75, 3.05) is 26.2 Å². The number of carbonyl (C=O) groups is 3. The van der Waals surface area contributed by atoms with Crippen molar-refractivity contribution in [3.8, 4) is 23.0 Å². The molecule has 0 radical (unpaired) electrons. The highest BCUT2D eigenvalue weighted by atomic mass is 19.3. The van der Waals surface area contributed by atoms with E-state index in [1.807, 2.05) is 37.3 Å². The van der Waals surface area contributed by atoms with E-state index < -0.39 is 36.3 Å². The molecule has 12 nitrogen and oxygen atoms in total. The molecule has 1 saturated heterocycles. The molecule has 2 aromatic carbocycles. The third kappa shape index (κ3) is 9.61. The Morgan fingerprint density at radius 2 is 1.80 bits per heavy atom. The number of hydrogen-bond acceptors (Lipinski definition) is 9. The van der Waals surface area contributed by atoms with E-state index in [-0.39, 0.29) is 61.1 Å². The van der Waals surface area contributed by atoms with Gasteiger partial charge in [0, 0.05) is 31.2 Å². The number of alkyl carbamates (subject to hydrolysis) is 1. The Bertz CT molecular complexity index is 1620. The van der Waals surface area contributed by atoms with Crippen molar-refractivity contribution in [3.63, 3.8) is 0 Å². The second kappa shape index (κ2) is 15.1. The molecule has 264 valence electrons. The van der Waals surface area contributed by atoms with Crippen molar-refractivity contribution in [2.24, 2.45) is 5.92 Å². The van der Waals surface area contributed by atoms with Gasteiger partial charge in [-0.15, -0.1) is 0 Å². The predicted octanol–water partition coefficient (Wildman–Crippen LogP) is 6.80. The van der Waals surface area contributed by atoms with Crippen LogP contribution >= 0.6 is 0 Å². The van der Waals surface area contributed by atoms with Crippen molar-refractivity contribution >= 4 is 18.1 Å². The largest absolute Gasteiger partial charge is 0.489 e. The minimum Gasteiger partial charge on any atom is -0.489 e. The molecule has 2 heterocycles. The van der Waals surface area contributed by atoms with E-state index in [1.54, 1.807) is 37.5 Å². The van der Waals surface area contributed by atoms with Crippen molar-refractivity contribution in [1.29, 1.82) is 0 Å². The number of halogens is 2. The van der Waals surface area contributed by atoms with Crippen LogP contribution in [0.3, 0.4) is 0 Å². The summed E-state index contributed by atoms with van der Waals surface area (Å²) in [5.74, 6) is -0.120. The molecule has 1 aliphatic carbocycles. The SMILES string of the molecule is C[C@H](NC(=O)OC(C)(C)C)c1oc(-c2ccc(OC(F)F)c(OCC3CC3)c2)nc1C(=O)N1CCN(C(=O)OCc2ccccc2)[C@H](C)C1. The number of amides is 3. The van der Waals surface area contributed by atoms with Crippen LogP contribution in [0.15, 0.2) is 52.9 Å². The summed E-state index contributed by atoms with van der Waals surface area (Å²) in [5.41, 5.74) is 0.376. The van der Waals surface area contributed by atoms with Crippen LogP contribution < -0.4 is 14.8 Å². The Balaban J connectivity index is 1.37. The van der Waals surface area contributed by atoms with E-state index in [0.29, 0.717) is 18.1 Å². The molecule has 2 aliphatic rings. The van der Waals surface area contributed by atoms with Gasteiger partial charge < -0.3 is 38.5 Å². The van der Waals surface area contributed by atoms with Gasteiger partial charge in [0.1, 0.15) is 12.2 Å². The average Bonchev–Trinajstić information content (AvgIpc) is 3.77. The summed E-state index contributed by atoms with van der Waals surface area (Å²) >= 11 is 0. The van der Waals surface area contributed by atoms with E-state index in [1.165, 1.54) is 18.2 Å². The summed E-state index contributed by atoms with van der Waals surface area (Å²) in [5, 5.41) is 2.69. The minimum absolute atomic E-state index is 0.00670. The van der Waals surface area contributed by atoms with Crippen LogP contribution in [0, 0.1) is 5.92 Å². The maximum Gasteiger partial charge on any atom is 0.410 e. The van der Waals surface area contributed by atoms with E-state index in [9.17, 15) is 23.2 Å². The summed E-state index contributed by atoms with van der Waals surface area (Å²) in [7, 11) is 0. The molecule has 0 unspecified atom stereocenters. The van der Waals surface area contributed by atoms with Gasteiger partial charge in [0.25, 0.3) is 5.91 Å². The zero-order chi connectivity index (χ0) is 35.3. The molecule has 1 aliphatic heterocycles. The molecule has 3 aromatic rings. The van der Waals surface area contributed by atoms with Gasteiger partial charge in [-0.3, -0.25) is 4.79 Å². The third-order valence-corrected chi connectivity index (χ3v) is 7.92. The quantitative estimate of drug-likeness (QED) is 0.232. The van der Waals surface area contributed by atoms with Crippen LogP contribution in [0.25, 0.3) is 11.5 Å². The number of rotatable bonds is 11. The lowest BCUT2D eigenvalue weighted by Gasteiger charge is -2.39. The van der Waals surface area contributed by atoms with Gasteiger partial charge in [-0.2, -0.15) is 8.78 Å². The molecule has 1 N–H and O–H groups in total. The highest BCUT2D eigenvalue weighted by Crippen LogP contribution is 2.37. The Hall–Kier alpha value is -4.88. The van der Waals surface area contributed by atoms with Gasteiger partial charge in [-0.25, -0.2) is 14.6 Å². The van der Waals surface area contributed by atoms with Gasteiger partial charge in [0.2, 0.25) is 5.89 Å². The topological polar surface area (TPSA) is 133 Å². The number of ether oxygens (including phenoxy) is 4. The van der Waals surface area contributed by atoms with Crippen LogP contribution in [-0.2, 0) is 16.1 Å². The zero-order valence-corrected chi connectivity index (χ0v) is 28.2. The zero-order valence-electron chi connectivity index (χ0n) is 28.2. The van der Waals surface area contributed by atoms with Gasteiger partial charge in [0.05, 0.1) is 12.6 Å². The van der Waals surface area contributed by atoms with Gasteiger partial charge >= 0.3 is 18.8 Å². The van der Waals surface area contributed by atoms with Gasteiger partial charge in [-0.1, -0.05) is 30.3 Å². The van der Waals surface area contributed by atoms with Crippen LogP contribution in [0.2, 0.25) is 0 Å². The normalized spacial score (nSPS) is 17.0. The lowest BCUT2D eigenvalue weighted by Crippen LogP contribution is -2.55. The fourth-order valence-corrected chi connectivity index (χ4v) is 5.26. The predicted molar refractivity (Wildman–Crippen MR) is 173 cm³/mol. The number of hydrogen-bond donors (Lipinski definition) is 1. The maximum atomic E-state index is 14.0. The second-order valence-corrected chi connectivity index (χ2v) is 13.2. The van der Waals surface area contributed by atoms with E-state index >= 15 is 0 Å². The summed E-state index contributed by atoms with van der Waals surface area (Å²) < 4.78 is 53.8. The summed E-state index contributed by atoms with van der Waals surface area (Å²) in [4.78, 5) is 47.3. The highest BCUT2D eigenvalue weighted by Gasteiger charge is 2.35. The molecule has 1 aromatic heterocycles. The molecule has 2 atom stereocenters. The first-order valence-electron chi connectivity index (χ1n) is 16.3. The number of piperazine rings is 1. The van der Waals surface area contributed by atoms with Crippen LogP contribution in [0.4, 0.5) is 18.4 Å². The molecule has 49 heavy (non-hydrogen) atoms. The van der Waals surface area contributed by atoms with Crippen molar-refractivity contribution < 1.29 is 46.5 Å². The first-order valence-corrected chi connectivity index (χ1v) is 16.3. The lowest BCUT2D eigenvalue weighted by atomic mass is 10.1. The second-order valence-electron chi connectivity index (χ2n) is 13.2. The molecule has 1 saturated carbocycles. The fraction of sp³-hybridized carbons (Fsp3) is 0.486. The first kappa shape index (κ1) is 35.4. The number of aromatic nitrogens is 1. The van der Waals surface area contributed by atoms with Crippen molar-refractivity contribution in [2.45, 2.75) is 78.4 Å². The number of alkyl halides is 2. The standard InChI is InChI=1S/C35H42F2N4O8/c1-21-18-40(15-16-41(21)34(44)46-20-23-9-7-6-8-10-23)31(42)28-29(22(2)38-33(43)49-35(3,4)5)48-30(39-28)25-13-14-26(47-32(36)37)27(17-25)45-19-24-11-12-24/h6-10,13-14,17,21-22,24,32H,11-12,15-16,18-20H2,1-5H3,(H,38,43)/t21-,22+/m1/s1. The molecular formula is C35H42F2N4O8. The summed E-state index contributed by atoms with van der Waals surface area (Å²) in [6, 6.07) is 12.4. The van der Waals surface area contributed by atoms with Crippen LogP contribution in [0.5, 0.6) is 11.5 Å². The van der Waals surface area contributed by atoms with Gasteiger partial charge in [0.15, 0.2) is 23.0 Å². The molecule has 2 fully saturated rings. The first-order chi connectivity index (χ1) is 23.3. The Morgan fingerprint density at radius 1 is 1.06 bits per heavy atom. The number of nitrogens with one attached hydrogen (secondary N) is 1. The lowest BCUT2D eigenvalue weighted by molar-refractivity contribution is -0.0515. The summed E-state index contributed by atoms with van der Waals surface area (Å²) in [6.07, 6.45) is 0.770. The maximum absolute atomic E-state index is 14.0. The molecule has 0 bridgehead atoms. The fourth-order valence-electron chi connectivity index (χ4n) is 5.26. The smallest absolute Gasteiger partial charge is 0.410 e. The number of oxazole rings is 1. The number of carbonyl (C=O) groups excluding carboxylic acids is 3. The number of benzene rings is 2. The van der Waals surface area contributed by atoms with E-state index in [0.717, 1.165) is 18.4 Å². The third-order valence-electron chi connectivity index (χ3n) is 7.92. The van der Waals surface area contributed by atoms with Gasteiger partial charge in [-0.05, 0) is 77.1 Å². The Morgan fingerprint density at radius 3 is 2.45 bits per heavy atom. The molecule has 3 amide bonds. The molecular weight excluding hydrogens is 642 g/mol. The molecule has 0 spiro atoms. The van der Waals surface area contributed by atoms with Crippen molar-refractivity contribution in [3.05, 3.63) is 65.5 Å². The molecule has 5 rings (SSSR count). The monoisotopic (exact) mass is 684 g/mol. The van der Waals surface area contributed by atoms with Crippen LogP contribution in [0.1, 0.15) is 75.3 Å². The van der Waals surface area contributed by atoms with Crippen LogP contribution in [-0.4, -0.2) is 77.4 Å².